The molecule has 1 saturated heterocycles. The van der Waals surface area contributed by atoms with Gasteiger partial charge in [-0.25, -0.2) is 0 Å². The summed E-state index contributed by atoms with van der Waals surface area (Å²) in [5.41, 5.74) is 7.74. The molecule has 1 heterocycles. The van der Waals surface area contributed by atoms with Crippen LogP contribution in [-0.2, 0) is 11.2 Å². The lowest BCUT2D eigenvalue weighted by molar-refractivity contribution is -0.138. The van der Waals surface area contributed by atoms with Gasteiger partial charge in [0.15, 0.2) is 5.78 Å². The van der Waals surface area contributed by atoms with Gasteiger partial charge in [0, 0.05) is 24.6 Å². The lowest BCUT2D eigenvalue weighted by atomic mass is 9.87. The summed E-state index contributed by atoms with van der Waals surface area (Å²) in [6.07, 6.45) is 6.22. The molecule has 2 aliphatic rings. The average Bonchev–Trinajstić information content (AvgIpc) is 3.09. The number of benzene rings is 1. The van der Waals surface area contributed by atoms with E-state index in [4.69, 9.17) is 5.73 Å². The van der Waals surface area contributed by atoms with Crippen LogP contribution >= 0.6 is 0 Å². The smallest absolute Gasteiger partial charge is 0.242 e. The number of rotatable bonds is 5. The number of piperidine rings is 1. The highest BCUT2D eigenvalue weighted by atomic mass is 16.2. The molecule has 3 rings (SSSR count). The van der Waals surface area contributed by atoms with Gasteiger partial charge in [-0.05, 0) is 43.6 Å². The van der Waals surface area contributed by atoms with Gasteiger partial charge in [-0.15, -0.1) is 0 Å². The molecule has 0 radical (unpaired) electrons. The summed E-state index contributed by atoms with van der Waals surface area (Å²) in [6.45, 7) is 5.70. The molecule has 0 bridgehead atoms. The van der Waals surface area contributed by atoms with Crippen molar-refractivity contribution >= 4 is 11.7 Å². The van der Waals surface area contributed by atoms with Crippen molar-refractivity contribution in [3.05, 3.63) is 35.4 Å². The minimum absolute atomic E-state index is 0.0206. The van der Waals surface area contributed by atoms with Crippen LogP contribution in [0.1, 0.15) is 68.3 Å². The van der Waals surface area contributed by atoms with E-state index in [1.165, 1.54) is 5.56 Å². The van der Waals surface area contributed by atoms with E-state index in [-0.39, 0.29) is 17.6 Å². The van der Waals surface area contributed by atoms with Gasteiger partial charge in [0.2, 0.25) is 5.91 Å². The van der Waals surface area contributed by atoms with E-state index >= 15 is 0 Å². The van der Waals surface area contributed by atoms with Crippen molar-refractivity contribution in [1.29, 1.82) is 0 Å². The Hall–Kier alpha value is -1.68. The van der Waals surface area contributed by atoms with Crippen LogP contribution in [-0.4, -0.2) is 35.2 Å². The third-order valence-electron chi connectivity index (χ3n) is 5.96. The van der Waals surface area contributed by atoms with Crippen LogP contribution in [0.2, 0.25) is 0 Å². The van der Waals surface area contributed by atoms with Gasteiger partial charge in [0.05, 0.1) is 5.54 Å². The van der Waals surface area contributed by atoms with Crippen molar-refractivity contribution in [1.82, 2.24) is 4.90 Å². The van der Waals surface area contributed by atoms with Crippen LogP contribution in [0, 0.1) is 11.8 Å². The largest absolute Gasteiger partial charge is 0.341 e. The molecule has 0 unspecified atom stereocenters. The second kappa shape index (κ2) is 7.91. The second-order valence-electron chi connectivity index (χ2n) is 8.59. The number of hydrogen-bond acceptors (Lipinski definition) is 3. The third kappa shape index (κ3) is 4.17. The Labute approximate surface area is 157 Å². The fourth-order valence-corrected chi connectivity index (χ4v) is 4.39. The molecule has 1 aliphatic heterocycles. The summed E-state index contributed by atoms with van der Waals surface area (Å²) >= 11 is 0. The van der Waals surface area contributed by atoms with Crippen LogP contribution in [0.15, 0.2) is 24.3 Å². The maximum atomic E-state index is 12.8. The number of carbonyl (C=O) groups excluding carboxylic acids is 2. The molecule has 142 valence electrons. The van der Waals surface area contributed by atoms with Crippen molar-refractivity contribution in [2.24, 2.45) is 17.6 Å². The van der Waals surface area contributed by atoms with Gasteiger partial charge in [-0.2, -0.15) is 0 Å². The first-order chi connectivity index (χ1) is 12.4. The van der Waals surface area contributed by atoms with E-state index in [1.807, 2.05) is 17.0 Å². The van der Waals surface area contributed by atoms with Crippen LogP contribution in [0.3, 0.4) is 0 Å². The first-order valence-corrected chi connectivity index (χ1v) is 10.1. The zero-order chi connectivity index (χ0) is 18.7. The Kier molecular flexibility index (Phi) is 5.81. The molecular weight excluding hydrogens is 324 g/mol. The van der Waals surface area contributed by atoms with Crippen molar-refractivity contribution in [2.75, 3.05) is 13.1 Å². The fraction of sp³-hybridized carbons (Fsp3) is 0.636. The number of ketones is 1. The maximum absolute atomic E-state index is 12.8. The van der Waals surface area contributed by atoms with Crippen molar-refractivity contribution in [2.45, 2.75) is 64.3 Å². The highest BCUT2D eigenvalue weighted by Gasteiger charge is 2.41. The van der Waals surface area contributed by atoms with E-state index in [9.17, 15) is 9.59 Å². The molecule has 4 heteroatoms. The van der Waals surface area contributed by atoms with Crippen LogP contribution < -0.4 is 5.73 Å². The zero-order valence-corrected chi connectivity index (χ0v) is 16.2. The summed E-state index contributed by atoms with van der Waals surface area (Å²) in [7, 11) is 0. The van der Waals surface area contributed by atoms with Gasteiger partial charge < -0.3 is 10.6 Å². The Morgan fingerprint density at radius 2 is 1.69 bits per heavy atom. The standard InChI is InChI=1S/C22H32N2O2/c1-16(2)15-17-5-7-18(8-6-17)20(25)19-9-13-24(14-10-19)21(26)22(23)11-3-4-12-22/h5-8,16,19H,3-4,9-15,23H2,1-2H3. The molecule has 1 aromatic rings. The van der Waals surface area contributed by atoms with E-state index in [0.717, 1.165) is 50.5 Å². The van der Waals surface area contributed by atoms with E-state index in [1.54, 1.807) is 0 Å². The number of nitrogens with zero attached hydrogens (tertiary/aromatic N) is 1. The fourth-order valence-electron chi connectivity index (χ4n) is 4.39. The third-order valence-corrected chi connectivity index (χ3v) is 5.96. The molecule has 2 fully saturated rings. The molecule has 0 aromatic heterocycles. The SMILES string of the molecule is CC(C)Cc1ccc(C(=O)C2CCN(C(=O)C3(N)CCCC3)CC2)cc1. The topological polar surface area (TPSA) is 63.4 Å². The van der Waals surface area contributed by atoms with Crippen molar-refractivity contribution in [3.63, 3.8) is 0 Å². The first-order valence-electron chi connectivity index (χ1n) is 10.1. The summed E-state index contributed by atoms with van der Waals surface area (Å²) in [5, 5.41) is 0. The number of carbonyl (C=O) groups is 2. The van der Waals surface area contributed by atoms with E-state index < -0.39 is 5.54 Å². The van der Waals surface area contributed by atoms with Gasteiger partial charge >= 0.3 is 0 Å². The van der Waals surface area contributed by atoms with Gasteiger partial charge in [-0.3, -0.25) is 9.59 Å². The summed E-state index contributed by atoms with van der Waals surface area (Å²) in [6, 6.07) is 8.07. The quantitative estimate of drug-likeness (QED) is 0.820. The molecule has 26 heavy (non-hydrogen) atoms. The Balaban J connectivity index is 1.55. The minimum Gasteiger partial charge on any atom is -0.341 e. The molecular formula is C22H32N2O2. The minimum atomic E-state index is -0.650. The summed E-state index contributed by atoms with van der Waals surface area (Å²) in [5.74, 6) is 0.951. The van der Waals surface area contributed by atoms with E-state index in [0.29, 0.717) is 19.0 Å². The lowest BCUT2D eigenvalue weighted by Crippen LogP contribution is -2.55. The second-order valence-corrected chi connectivity index (χ2v) is 8.59. The monoisotopic (exact) mass is 356 g/mol. The summed E-state index contributed by atoms with van der Waals surface area (Å²) < 4.78 is 0. The molecule has 1 aliphatic carbocycles. The molecule has 1 amide bonds. The predicted octanol–water partition coefficient (Wildman–Crippen LogP) is 3.58. The Morgan fingerprint density at radius 3 is 2.23 bits per heavy atom. The molecule has 2 N–H and O–H groups in total. The maximum Gasteiger partial charge on any atom is 0.242 e. The Morgan fingerprint density at radius 1 is 1.12 bits per heavy atom. The molecule has 0 atom stereocenters. The summed E-state index contributed by atoms with van der Waals surface area (Å²) in [4.78, 5) is 27.4. The average molecular weight is 357 g/mol. The Bertz CT molecular complexity index is 637. The molecule has 1 saturated carbocycles. The molecule has 0 spiro atoms. The lowest BCUT2D eigenvalue weighted by Gasteiger charge is -2.36. The number of amides is 1. The van der Waals surface area contributed by atoms with Crippen LogP contribution in [0.25, 0.3) is 0 Å². The van der Waals surface area contributed by atoms with Crippen molar-refractivity contribution in [3.8, 4) is 0 Å². The number of likely N-dealkylation sites (tertiary alicyclic amines) is 1. The normalized spacial score (nSPS) is 20.5. The van der Waals surface area contributed by atoms with Gasteiger partial charge in [-0.1, -0.05) is 51.0 Å². The predicted molar refractivity (Wildman–Crippen MR) is 104 cm³/mol. The number of hydrogen-bond donors (Lipinski definition) is 1. The van der Waals surface area contributed by atoms with Crippen LogP contribution in [0.5, 0.6) is 0 Å². The van der Waals surface area contributed by atoms with Crippen molar-refractivity contribution < 1.29 is 9.59 Å². The highest BCUT2D eigenvalue weighted by Crippen LogP contribution is 2.31. The van der Waals surface area contributed by atoms with E-state index in [2.05, 4.69) is 26.0 Å². The number of nitrogens with two attached hydrogens (primary N) is 1. The first kappa shape index (κ1) is 19.1. The zero-order valence-electron chi connectivity index (χ0n) is 16.2. The highest BCUT2D eigenvalue weighted by molar-refractivity contribution is 5.98. The van der Waals surface area contributed by atoms with Gasteiger partial charge in [0.25, 0.3) is 0 Å². The molecule has 4 nitrogen and oxygen atoms in total. The molecule has 1 aromatic carbocycles. The van der Waals surface area contributed by atoms with Gasteiger partial charge in [0.1, 0.15) is 0 Å². The number of Topliss-reactive ketones (excluding diaryl/α,β-unsaturated/α-hetero) is 1. The van der Waals surface area contributed by atoms with Crippen LogP contribution in [0.4, 0.5) is 0 Å².